The Balaban J connectivity index is 4.19. The number of carbonyl (C=O) groups excluding carboxylic acids is 2. The van der Waals surface area contributed by atoms with E-state index in [2.05, 4.69) is 19.9 Å². The molecule has 1 atom stereocenters. The van der Waals surface area contributed by atoms with Gasteiger partial charge in [-0.1, -0.05) is 38.0 Å². The van der Waals surface area contributed by atoms with E-state index < -0.39 is 5.97 Å². The largest absolute Gasteiger partial charge is 0.466 e. The molecule has 0 radical (unpaired) electrons. The Hall–Kier alpha value is -1.38. The van der Waals surface area contributed by atoms with Gasteiger partial charge in [0.15, 0.2) is 5.78 Å². The molecule has 0 aliphatic carbocycles. The average molecular weight is 238 g/mol. The van der Waals surface area contributed by atoms with Crippen LogP contribution in [0, 0.1) is 5.92 Å². The van der Waals surface area contributed by atoms with Crippen molar-refractivity contribution in [1.29, 1.82) is 0 Å². The molecule has 0 heterocycles. The molecule has 0 aliphatic heterocycles. The first kappa shape index (κ1) is 15.6. The molecule has 3 heteroatoms. The zero-order valence-electron chi connectivity index (χ0n) is 11.2. The number of esters is 1. The van der Waals surface area contributed by atoms with Gasteiger partial charge in [-0.15, -0.1) is 0 Å². The van der Waals surface area contributed by atoms with Crippen molar-refractivity contribution >= 4 is 11.8 Å². The normalized spacial score (nSPS) is 13.8. The van der Waals surface area contributed by atoms with E-state index in [-0.39, 0.29) is 12.2 Å². The van der Waals surface area contributed by atoms with Crippen LogP contribution in [0.15, 0.2) is 23.8 Å². The second-order valence-corrected chi connectivity index (χ2v) is 4.08. The maximum Gasteiger partial charge on any atom is 0.313 e. The van der Waals surface area contributed by atoms with E-state index in [0.717, 1.165) is 12.0 Å². The maximum atomic E-state index is 11.4. The Labute approximate surface area is 104 Å². The molecule has 1 unspecified atom stereocenters. The van der Waals surface area contributed by atoms with Crippen molar-refractivity contribution in [2.45, 2.75) is 40.5 Å². The van der Waals surface area contributed by atoms with Crippen LogP contribution in [0.3, 0.4) is 0 Å². The molecule has 0 spiro atoms. The van der Waals surface area contributed by atoms with Crippen LogP contribution in [0.25, 0.3) is 0 Å². The van der Waals surface area contributed by atoms with Gasteiger partial charge in [0.05, 0.1) is 6.61 Å². The van der Waals surface area contributed by atoms with Crippen LogP contribution in [0.1, 0.15) is 40.5 Å². The number of hydrogen-bond donors (Lipinski definition) is 0. The molecule has 0 N–H and O–H groups in total. The van der Waals surface area contributed by atoms with E-state index in [1.807, 2.05) is 6.92 Å². The summed E-state index contributed by atoms with van der Waals surface area (Å²) in [6.07, 6.45) is 6.18. The molecule has 0 saturated carbocycles. The lowest BCUT2D eigenvalue weighted by molar-refractivity contribution is -0.144. The molecule has 3 nitrogen and oxygen atoms in total. The highest BCUT2D eigenvalue weighted by Crippen LogP contribution is 2.07. The van der Waals surface area contributed by atoms with Gasteiger partial charge < -0.3 is 4.74 Å². The van der Waals surface area contributed by atoms with Gasteiger partial charge in [0.1, 0.15) is 6.42 Å². The molecule has 96 valence electrons. The third-order valence-electron chi connectivity index (χ3n) is 2.35. The maximum absolute atomic E-state index is 11.4. The summed E-state index contributed by atoms with van der Waals surface area (Å²) in [4.78, 5) is 22.4. The summed E-state index contributed by atoms with van der Waals surface area (Å²) in [5.74, 6) is -0.189. The highest BCUT2D eigenvalue weighted by atomic mass is 16.5. The van der Waals surface area contributed by atoms with Gasteiger partial charge in [-0.3, -0.25) is 9.59 Å². The number of carbonyl (C=O) groups is 2. The molecule has 0 rings (SSSR count). The fourth-order valence-electron chi connectivity index (χ4n) is 1.26. The van der Waals surface area contributed by atoms with Crippen LogP contribution >= 0.6 is 0 Å². The average Bonchev–Trinajstić information content (AvgIpc) is 2.26. The molecule has 0 aromatic rings. The standard InChI is InChI=1S/C14H22O3/c1-5-11(3)9-12(4)7-8-13(15)10-14(16)17-6-2/h7-9,11H,5-6,10H2,1-4H3/b8-7+,12-9+. The van der Waals surface area contributed by atoms with Crippen molar-refractivity contribution < 1.29 is 14.3 Å². The Kier molecular flexibility index (Phi) is 8.03. The fraction of sp³-hybridized carbons (Fsp3) is 0.571. The first-order chi connectivity index (χ1) is 7.99. The number of allylic oxidation sites excluding steroid dienone is 4. The number of hydrogen-bond acceptors (Lipinski definition) is 3. The summed E-state index contributed by atoms with van der Waals surface area (Å²) in [6.45, 7) is 8.21. The topological polar surface area (TPSA) is 43.4 Å². The molecule has 0 fully saturated rings. The van der Waals surface area contributed by atoms with Crippen LogP contribution in [0.4, 0.5) is 0 Å². The molecule has 0 bridgehead atoms. The summed E-state index contributed by atoms with van der Waals surface area (Å²) in [7, 11) is 0. The van der Waals surface area contributed by atoms with Crippen molar-refractivity contribution in [2.24, 2.45) is 5.92 Å². The van der Waals surface area contributed by atoms with E-state index in [9.17, 15) is 9.59 Å². The minimum absolute atomic E-state index is 0.180. The highest BCUT2D eigenvalue weighted by Gasteiger charge is 2.06. The van der Waals surface area contributed by atoms with Gasteiger partial charge in [0, 0.05) is 0 Å². The summed E-state index contributed by atoms with van der Waals surface area (Å²) >= 11 is 0. The molecule has 0 aromatic carbocycles. The van der Waals surface area contributed by atoms with E-state index in [1.54, 1.807) is 13.0 Å². The quantitative estimate of drug-likeness (QED) is 0.296. The van der Waals surface area contributed by atoms with Gasteiger partial charge >= 0.3 is 5.97 Å². The lowest BCUT2D eigenvalue weighted by Crippen LogP contribution is -2.09. The van der Waals surface area contributed by atoms with Crippen LogP contribution in [0.5, 0.6) is 0 Å². The van der Waals surface area contributed by atoms with Crippen molar-refractivity contribution in [3.8, 4) is 0 Å². The summed E-state index contributed by atoms with van der Waals surface area (Å²) < 4.78 is 4.69. The van der Waals surface area contributed by atoms with Gasteiger partial charge in [-0.2, -0.15) is 0 Å². The molecule has 0 saturated heterocycles. The Morgan fingerprint density at radius 3 is 2.41 bits per heavy atom. The summed E-state index contributed by atoms with van der Waals surface area (Å²) in [5, 5.41) is 0. The van der Waals surface area contributed by atoms with Crippen LogP contribution in [-0.4, -0.2) is 18.4 Å². The van der Waals surface area contributed by atoms with Crippen LogP contribution < -0.4 is 0 Å². The molecule has 0 aliphatic rings. The first-order valence-corrected chi connectivity index (χ1v) is 6.04. The molecular formula is C14H22O3. The third kappa shape index (κ3) is 8.43. The number of ether oxygens (including phenoxy) is 1. The van der Waals surface area contributed by atoms with E-state index in [1.165, 1.54) is 6.08 Å². The number of rotatable bonds is 7. The minimum Gasteiger partial charge on any atom is -0.466 e. The predicted molar refractivity (Wildman–Crippen MR) is 68.6 cm³/mol. The van der Waals surface area contributed by atoms with Crippen molar-refractivity contribution in [1.82, 2.24) is 0 Å². The highest BCUT2D eigenvalue weighted by molar-refractivity contribution is 6.02. The molecule has 0 amide bonds. The lowest BCUT2D eigenvalue weighted by Gasteiger charge is -2.01. The zero-order valence-corrected chi connectivity index (χ0v) is 11.2. The van der Waals surface area contributed by atoms with Crippen molar-refractivity contribution in [2.75, 3.05) is 6.61 Å². The van der Waals surface area contributed by atoms with Crippen LogP contribution in [0.2, 0.25) is 0 Å². The second kappa shape index (κ2) is 8.74. The Morgan fingerprint density at radius 1 is 1.24 bits per heavy atom. The Bertz CT molecular complexity index is 313. The molecular weight excluding hydrogens is 216 g/mol. The van der Waals surface area contributed by atoms with E-state index >= 15 is 0 Å². The second-order valence-electron chi connectivity index (χ2n) is 4.08. The van der Waals surface area contributed by atoms with Gasteiger partial charge in [-0.25, -0.2) is 0 Å². The predicted octanol–water partition coefficient (Wildman–Crippen LogP) is 3.06. The van der Waals surface area contributed by atoms with E-state index in [0.29, 0.717) is 12.5 Å². The molecule has 0 aromatic heterocycles. The minimum atomic E-state index is -0.467. The molecule has 17 heavy (non-hydrogen) atoms. The van der Waals surface area contributed by atoms with Crippen molar-refractivity contribution in [3.63, 3.8) is 0 Å². The van der Waals surface area contributed by atoms with Crippen LogP contribution in [-0.2, 0) is 14.3 Å². The number of ketones is 1. The van der Waals surface area contributed by atoms with Gasteiger partial charge in [0.25, 0.3) is 0 Å². The fourth-order valence-corrected chi connectivity index (χ4v) is 1.26. The smallest absolute Gasteiger partial charge is 0.313 e. The first-order valence-electron chi connectivity index (χ1n) is 6.04. The monoisotopic (exact) mass is 238 g/mol. The summed E-state index contributed by atoms with van der Waals surface area (Å²) in [5.41, 5.74) is 1.04. The van der Waals surface area contributed by atoms with Crippen molar-refractivity contribution in [3.05, 3.63) is 23.8 Å². The van der Waals surface area contributed by atoms with Gasteiger partial charge in [-0.05, 0) is 25.8 Å². The van der Waals surface area contributed by atoms with Gasteiger partial charge in [0.2, 0.25) is 0 Å². The SMILES string of the molecule is CCOC(=O)CC(=O)/C=C/C(C)=C/C(C)CC. The third-order valence-corrected chi connectivity index (χ3v) is 2.35. The Morgan fingerprint density at radius 2 is 1.88 bits per heavy atom. The zero-order chi connectivity index (χ0) is 13.3. The van der Waals surface area contributed by atoms with E-state index in [4.69, 9.17) is 4.74 Å². The lowest BCUT2D eigenvalue weighted by atomic mass is 10.1. The summed E-state index contributed by atoms with van der Waals surface area (Å²) in [6, 6.07) is 0.